The summed E-state index contributed by atoms with van der Waals surface area (Å²) in [5.41, 5.74) is 6.14. The van der Waals surface area contributed by atoms with Crippen LogP contribution in [0.25, 0.3) is 5.52 Å². The summed E-state index contributed by atoms with van der Waals surface area (Å²) in [5.74, 6) is 0.0290. The van der Waals surface area contributed by atoms with Gasteiger partial charge in [0, 0.05) is 0 Å². The lowest BCUT2D eigenvalue weighted by Gasteiger charge is -2.31. The average molecular weight is 668 g/mol. The number of hydrogen-bond donors (Lipinski definition) is 4. The maximum absolute atomic E-state index is 14.5. The molecular weight excluding hydrogens is 625 g/mol. The van der Waals surface area contributed by atoms with Gasteiger partial charge in [0.2, 0.25) is 0 Å². The topological polar surface area (TPSA) is 180 Å². The molecule has 1 saturated heterocycles. The van der Waals surface area contributed by atoms with Gasteiger partial charge in [0.15, 0.2) is 5.82 Å². The van der Waals surface area contributed by atoms with Crippen LogP contribution >= 0.6 is 7.75 Å². The summed E-state index contributed by atoms with van der Waals surface area (Å²) >= 11 is 0. The maximum atomic E-state index is 14.5. The summed E-state index contributed by atoms with van der Waals surface area (Å²) in [7, 11) is -4.38. The third-order valence-electron chi connectivity index (χ3n) is 8.45. The molecule has 5 N–H and O–H groups in total. The predicted octanol–water partition coefficient (Wildman–Crippen LogP) is 4.25. The molecule has 0 aliphatic carbocycles. The maximum Gasteiger partial charge on any atom is 0.459 e. The lowest BCUT2D eigenvalue weighted by molar-refractivity contribution is -0.147. The molecule has 13 nitrogen and oxygen atoms in total. The second-order valence-electron chi connectivity index (χ2n) is 11.8. The molecule has 0 bridgehead atoms. The highest BCUT2D eigenvalue weighted by molar-refractivity contribution is 7.52. The van der Waals surface area contributed by atoms with Crippen molar-refractivity contribution in [1.29, 1.82) is 0 Å². The number of hydrogen-bond acceptors (Lipinski definition) is 11. The zero-order valence-corrected chi connectivity index (χ0v) is 27.5. The Morgan fingerprint density at radius 2 is 1.77 bits per heavy atom. The molecule has 1 aliphatic rings. The van der Waals surface area contributed by atoms with Gasteiger partial charge >= 0.3 is 13.7 Å². The van der Waals surface area contributed by atoms with Gasteiger partial charge in [-0.25, -0.2) is 14.1 Å². The average Bonchev–Trinajstić information content (AvgIpc) is 3.60. The number of nitrogens with two attached hydrogens (primary N) is 1. The molecule has 14 heteroatoms. The molecule has 0 radical (unpaired) electrons. The zero-order valence-electron chi connectivity index (χ0n) is 26.6. The Labute approximate surface area is 273 Å². The van der Waals surface area contributed by atoms with E-state index in [1.165, 1.54) is 17.8 Å². The number of aromatic nitrogens is 3. The van der Waals surface area contributed by atoms with Crippen LogP contribution in [0.4, 0.5) is 5.82 Å². The van der Waals surface area contributed by atoms with Crippen LogP contribution in [0.5, 0.6) is 5.75 Å². The number of aliphatic hydroxyl groups is 2. The highest BCUT2D eigenvalue weighted by Gasteiger charge is 2.54. The fourth-order valence-electron chi connectivity index (χ4n) is 5.47. The van der Waals surface area contributed by atoms with Crippen LogP contribution in [0.2, 0.25) is 0 Å². The number of para-hydroxylation sites is 1. The number of nitrogens with one attached hydrogen (secondary N) is 1. The van der Waals surface area contributed by atoms with Crippen LogP contribution in [0.3, 0.4) is 0 Å². The number of carbonyl (C=O) groups excluding carboxylic acids is 1. The van der Waals surface area contributed by atoms with Gasteiger partial charge in [-0.1, -0.05) is 75.2 Å². The molecular formula is C33H42N5O8P. The van der Waals surface area contributed by atoms with Crippen molar-refractivity contribution in [3.05, 3.63) is 90.4 Å². The van der Waals surface area contributed by atoms with Gasteiger partial charge < -0.3 is 29.9 Å². The molecule has 6 atom stereocenters. The van der Waals surface area contributed by atoms with Gasteiger partial charge in [-0.2, -0.15) is 10.2 Å². The minimum atomic E-state index is -4.38. The van der Waals surface area contributed by atoms with Crippen molar-refractivity contribution in [3.8, 4) is 5.75 Å². The first-order valence-electron chi connectivity index (χ1n) is 15.7. The van der Waals surface area contributed by atoms with E-state index in [1.807, 2.05) is 44.2 Å². The molecule has 5 rings (SSSR count). The van der Waals surface area contributed by atoms with Gasteiger partial charge in [-0.15, -0.1) is 0 Å². The lowest BCUT2D eigenvalue weighted by atomic mass is 9.97. The van der Waals surface area contributed by atoms with E-state index in [4.69, 9.17) is 24.3 Å². The quantitative estimate of drug-likeness (QED) is 0.105. The van der Waals surface area contributed by atoms with Gasteiger partial charge in [0.05, 0.1) is 18.9 Å². The molecule has 1 unspecified atom stereocenters. The van der Waals surface area contributed by atoms with Gasteiger partial charge in [-0.05, 0) is 49.1 Å². The molecule has 252 valence electrons. The Morgan fingerprint density at radius 1 is 1.09 bits per heavy atom. The summed E-state index contributed by atoms with van der Waals surface area (Å²) in [6, 6.07) is 19.9. The summed E-state index contributed by atoms with van der Waals surface area (Å²) in [4.78, 5) is 17.5. The predicted molar refractivity (Wildman–Crippen MR) is 174 cm³/mol. The van der Waals surface area contributed by atoms with E-state index in [2.05, 4.69) is 15.2 Å². The molecule has 2 aromatic carbocycles. The molecule has 2 aromatic heterocycles. The fourth-order valence-corrected chi connectivity index (χ4v) is 7.05. The number of esters is 1. The first-order valence-corrected chi connectivity index (χ1v) is 17.2. The Bertz CT molecular complexity index is 1670. The van der Waals surface area contributed by atoms with E-state index < -0.39 is 50.3 Å². The largest absolute Gasteiger partial charge is 0.464 e. The minimum Gasteiger partial charge on any atom is -0.464 e. The number of nitrogen functional groups attached to an aromatic ring is 1. The van der Waals surface area contributed by atoms with Crippen molar-refractivity contribution in [3.63, 3.8) is 0 Å². The summed E-state index contributed by atoms with van der Waals surface area (Å²) in [6.07, 6.45) is -0.811. The number of benzene rings is 2. The number of anilines is 1. The molecule has 3 heterocycles. The third kappa shape index (κ3) is 8.01. The molecule has 0 saturated carbocycles. The monoisotopic (exact) mass is 667 g/mol. The van der Waals surface area contributed by atoms with E-state index in [1.54, 1.807) is 42.5 Å². The number of ether oxygens (including phenoxy) is 2. The zero-order chi connectivity index (χ0) is 33.6. The smallest absolute Gasteiger partial charge is 0.459 e. The minimum absolute atomic E-state index is 0.136. The SMILES string of the molecule is CCC(CC)COC(=O)[C@H](Cc1ccccc1)NP(=O)(OC[C@@]1(C)O[C@@H](c2ccc3c(N)ncnn23)[C@H](O)[C@@H]1O)Oc1ccccc1. The van der Waals surface area contributed by atoms with E-state index in [0.717, 1.165) is 18.4 Å². The van der Waals surface area contributed by atoms with Gasteiger partial charge in [0.1, 0.15) is 47.5 Å². The summed E-state index contributed by atoms with van der Waals surface area (Å²) in [5, 5.41) is 29.3. The van der Waals surface area contributed by atoms with Crippen molar-refractivity contribution < 1.29 is 38.1 Å². The van der Waals surface area contributed by atoms with Crippen molar-refractivity contribution in [2.24, 2.45) is 5.92 Å². The molecule has 0 spiro atoms. The van der Waals surface area contributed by atoms with Crippen LogP contribution < -0.4 is 15.3 Å². The second-order valence-corrected chi connectivity index (χ2v) is 13.5. The number of fused-ring (bicyclic) bond motifs is 1. The standard InChI is InChI=1S/C33H42N5O8P/c1-4-22(5-2)19-43-32(41)25(18-23-12-8-6-9-13-23)37-47(42,46-24-14-10-7-11-15-24)44-20-33(3)30(40)28(39)29(45-33)26-16-17-27-31(34)35-21-36-38(26)27/h6-17,21-22,25,28-30,39-40H,4-5,18-20H2,1-3H3,(H,37,42)(H2,34,35,36)/t25-,28-,29-,30-,33+,47?/m0/s1. The van der Waals surface area contributed by atoms with Crippen molar-refractivity contribution >= 4 is 25.1 Å². The lowest BCUT2D eigenvalue weighted by Crippen LogP contribution is -2.45. The van der Waals surface area contributed by atoms with Crippen LogP contribution in [0, 0.1) is 5.92 Å². The van der Waals surface area contributed by atoms with Crippen LogP contribution in [-0.2, 0) is 29.8 Å². The fraction of sp³-hybridized carbons (Fsp3) is 0.424. The van der Waals surface area contributed by atoms with Crippen LogP contribution in [-0.4, -0.2) is 67.8 Å². The summed E-state index contributed by atoms with van der Waals surface area (Å²) < 4.78 is 39.8. The Hall–Kier alpha value is -3.84. The number of nitrogens with zero attached hydrogens (tertiary/aromatic N) is 3. The van der Waals surface area contributed by atoms with E-state index >= 15 is 0 Å². The summed E-state index contributed by atoms with van der Waals surface area (Å²) in [6.45, 7) is 5.31. The van der Waals surface area contributed by atoms with Crippen LogP contribution in [0.15, 0.2) is 79.1 Å². The van der Waals surface area contributed by atoms with Crippen molar-refractivity contribution in [2.75, 3.05) is 18.9 Å². The normalized spacial score (nSPS) is 23.1. The highest BCUT2D eigenvalue weighted by atomic mass is 31.2. The molecule has 1 fully saturated rings. The second kappa shape index (κ2) is 14.9. The number of aliphatic hydroxyl groups excluding tert-OH is 2. The Kier molecular flexibility index (Phi) is 11.0. The Balaban J connectivity index is 1.40. The van der Waals surface area contributed by atoms with Gasteiger partial charge in [0.25, 0.3) is 0 Å². The third-order valence-corrected chi connectivity index (χ3v) is 9.99. The van der Waals surface area contributed by atoms with Gasteiger partial charge in [-0.3, -0.25) is 9.32 Å². The van der Waals surface area contributed by atoms with Crippen molar-refractivity contribution in [2.45, 2.75) is 70.0 Å². The molecule has 4 aromatic rings. The molecule has 1 aliphatic heterocycles. The van der Waals surface area contributed by atoms with E-state index in [9.17, 15) is 19.6 Å². The first kappa shape index (κ1) is 34.5. The first-order chi connectivity index (χ1) is 22.6. The molecule has 47 heavy (non-hydrogen) atoms. The van der Waals surface area contributed by atoms with Crippen LogP contribution in [0.1, 0.15) is 51.0 Å². The number of carbonyl (C=O) groups is 1. The molecule has 0 amide bonds. The van der Waals surface area contributed by atoms with E-state index in [-0.39, 0.29) is 30.5 Å². The van der Waals surface area contributed by atoms with E-state index in [0.29, 0.717) is 11.2 Å². The highest BCUT2D eigenvalue weighted by Crippen LogP contribution is 2.48. The Morgan fingerprint density at radius 3 is 2.45 bits per heavy atom. The van der Waals surface area contributed by atoms with Crippen molar-refractivity contribution in [1.82, 2.24) is 19.7 Å². The number of rotatable bonds is 15.